The van der Waals surface area contributed by atoms with E-state index >= 15 is 0 Å². The minimum absolute atomic E-state index is 0. The van der Waals surface area contributed by atoms with Crippen LogP contribution >= 0.6 is 23.7 Å². The Labute approximate surface area is 138 Å². The molecule has 0 spiro atoms. The Hall–Kier alpha value is -1.64. The minimum Gasteiger partial charge on any atom is -0.487 e. The van der Waals surface area contributed by atoms with Gasteiger partial charge in [-0.15, -0.1) is 23.7 Å². The van der Waals surface area contributed by atoms with Gasteiger partial charge in [0.25, 0.3) is 0 Å². The van der Waals surface area contributed by atoms with E-state index in [9.17, 15) is 14.4 Å². The fourth-order valence-corrected chi connectivity index (χ4v) is 2.98. The molecule has 7 nitrogen and oxygen atoms in total. The van der Waals surface area contributed by atoms with Crippen molar-refractivity contribution in [3.63, 3.8) is 0 Å². The fraction of sp³-hybridized carbons (Fsp3) is 0.462. The second-order valence-corrected chi connectivity index (χ2v) is 5.78. The Bertz CT molecular complexity index is 576. The molecule has 1 fully saturated rings. The first kappa shape index (κ1) is 18.4. The van der Waals surface area contributed by atoms with Gasteiger partial charge in [0.1, 0.15) is 6.04 Å². The SMILES string of the molecule is COc1sc(CN)cc1CC(=O)NC1CCC(=O)NC1=O.Cl. The number of hydrogen-bond acceptors (Lipinski definition) is 6. The highest BCUT2D eigenvalue weighted by Crippen LogP contribution is 2.30. The van der Waals surface area contributed by atoms with Crippen LogP contribution in [0.1, 0.15) is 23.3 Å². The van der Waals surface area contributed by atoms with Gasteiger partial charge in [-0.1, -0.05) is 0 Å². The maximum absolute atomic E-state index is 12.0. The van der Waals surface area contributed by atoms with Crippen LogP contribution in [0.4, 0.5) is 0 Å². The number of ether oxygens (including phenoxy) is 1. The van der Waals surface area contributed by atoms with Crippen molar-refractivity contribution in [2.75, 3.05) is 7.11 Å². The van der Waals surface area contributed by atoms with Crippen LogP contribution in [0.5, 0.6) is 5.06 Å². The molecule has 1 saturated heterocycles. The molecule has 122 valence electrons. The van der Waals surface area contributed by atoms with E-state index < -0.39 is 11.9 Å². The number of nitrogens with one attached hydrogen (secondary N) is 2. The molecule has 0 saturated carbocycles. The lowest BCUT2D eigenvalue weighted by atomic mass is 10.1. The quantitative estimate of drug-likeness (QED) is 0.654. The number of carbonyl (C=O) groups excluding carboxylic acids is 3. The number of nitrogens with two attached hydrogens (primary N) is 1. The van der Waals surface area contributed by atoms with Crippen LogP contribution < -0.4 is 21.1 Å². The van der Waals surface area contributed by atoms with Crippen molar-refractivity contribution in [1.82, 2.24) is 10.6 Å². The standard InChI is InChI=1S/C13H17N3O4S.ClH/c1-20-13-7(4-8(6-14)21-13)5-11(18)15-9-2-3-10(17)16-12(9)19;/h4,9H,2-3,5-6,14H2,1H3,(H,15,18)(H,16,17,19);1H. The van der Waals surface area contributed by atoms with Crippen molar-refractivity contribution in [3.05, 3.63) is 16.5 Å². The number of piperidine rings is 1. The topological polar surface area (TPSA) is 111 Å². The molecule has 9 heteroatoms. The predicted octanol–water partition coefficient (Wildman–Crippen LogP) is 0.101. The van der Waals surface area contributed by atoms with Gasteiger partial charge in [0.05, 0.1) is 13.5 Å². The van der Waals surface area contributed by atoms with Crippen molar-refractivity contribution >= 4 is 41.5 Å². The van der Waals surface area contributed by atoms with E-state index in [0.29, 0.717) is 18.0 Å². The molecule has 0 aromatic carbocycles. The molecule has 22 heavy (non-hydrogen) atoms. The second kappa shape index (κ2) is 8.11. The van der Waals surface area contributed by atoms with Crippen LogP contribution in [0.15, 0.2) is 6.07 Å². The molecule has 2 heterocycles. The fourth-order valence-electron chi connectivity index (χ4n) is 2.11. The predicted molar refractivity (Wildman–Crippen MR) is 84.0 cm³/mol. The lowest BCUT2D eigenvalue weighted by Crippen LogP contribution is -2.52. The average molecular weight is 348 g/mol. The molecular weight excluding hydrogens is 330 g/mol. The van der Waals surface area contributed by atoms with Gasteiger partial charge in [-0.3, -0.25) is 19.7 Å². The number of hydrogen-bond donors (Lipinski definition) is 3. The number of halogens is 1. The summed E-state index contributed by atoms with van der Waals surface area (Å²) in [6, 6.07) is 1.17. The Morgan fingerprint density at radius 2 is 2.27 bits per heavy atom. The summed E-state index contributed by atoms with van der Waals surface area (Å²) < 4.78 is 5.21. The summed E-state index contributed by atoms with van der Waals surface area (Å²) in [5.41, 5.74) is 6.31. The molecule has 0 radical (unpaired) electrons. The normalized spacial score (nSPS) is 17.5. The van der Waals surface area contributed by atoms with E-state index in [-0.39, 0.29) is 37.1 Å². The number of rotatable bonds is 5. The molecule has 0 aliphatic carbocycles. The van der Waals surface area contributed by atoms with E-state index in [1.54, 1.807) is 0 Å². The maximum atomic E-state index is 12.0. The van der Waals surface area contributed by atoms with Crippen LogP contribution in [-0.2, 0) is 27.3 Å². The van der Waals surface area contributed by atoms with E-state index in [1.165, 1.54) is 18.4 Å². The van der Waals surface area contributed by atoms with Gasteiger partial charge in [-0.25, -0.2) is 0 Å². The summed E-state index contributed by atoms with van der Waals surface area (Å²) in [6.45, 7) is 0.385. The molecule has 1 unspecified atom stereocenters. The maximum Gasteiger partial charge on any atom is 0.249 e. The molecule has 1 atom stereocenters. The monoisotopic (exact) mass is 347 g/mol. The largest absolute Gasteiger partial charge is 0.487 e. The lowest BCUT2D eigenvalue weighted by Gasteiger charge is -2.21. The van der Waals surface area contributed by atoms with Gasteiger partial charge in [0.15, 0.2) is 5.06 Å². The first-order valence-electron chi connectivity index (χ1n) is 6.52. The van der Waals surface area contributed by atoms with Crippen LogP contribution in [0.25, 0.3) is 0 Å². The molecule has 4 N–H and O–H groups in total. The van der Waals surface area contributed by atoms with Crippen molar-refractivity contribution < 1.29 is 19.1 Å². The highest BCUT2D eigenvalue weighted by Gasteiger charge is 2.28. The van der Waals surface area contributed by atoms with Crippen LogP contribution in [0, 0.1) is 0 Å². The zero-order valence-electron chi connectivity index (χ0n) is 12.0. The van der Waals surface area contributed by atoms with Crippen LogP contribution in [-0.4, -0.2) is 30.9 Å². The van der Waals surface area contributed by atoms with Gasteiger partial charge in [0, 0.05) is 23.4 Å². The Morgan fingerprint density at radius 1 is 1.55 bits per heavy atom. The van der Waals surface area contributed by atoms with Gasteiger partial charge in [0.2, 0.25) is 17.7 Å². The summed E-state index contributed by atoms with van der Waals surface area (Å²) in [5.74, 6) is -1.05. The molecule has 2 rings (SSSR count). The molecule has 1 aliphatic heterocycles. The summed E-state index contributed by atoms with van der Waals surface area (Å²) >= 11 is 1.40. The molecule has 3 amide bonds. The summed E-state index contributed by atoms with van der Waals surface area (Å²) in [5, 5.41) is 5.48. The van der Waals surface area contributed by atoms with Gasteiger partial charge in [-0.2, -0.15) is 0 Å². The Morgan fingerprint density at radius 3 is 2.86 bits per heavy atom. The summed E-state index contributed by atoms with van der Waals surface area (Å²) in [4.78, 5) is 35.6. The highest BCUT2D eigenvalue weighted by molar-refractivity contribution is 7.14. The molecule has 0 bridgehead atoms. The third-order valence-electron chi connectivity index (χ3n) is 3.13. The average Bonchev–Trinajstić information content (AvgIpc) is 2.84. The number of amides is 3. The third-order valence-corrected chi connectivity index (χ3v) is 4.29. The number of thiophene rings is 1. The van der Waals surface area contributed by atoms with Gasteiger partial charge >= 0.3 is 0 Å². The zero-order valence-corrected chi connectivity index (χ0v) is 13.6. The summed E-state index contributed by atoms with van der Waals surface area (Å²) in [7, 11) is 1.54. The third kappa shape index (κ3) is 4.43. The first-order chi connectivity index (χ1) is 10.0. The van der Waals surface area contributed by atoms with E-state index in [4.69, 9.17) is 10.5 Å². The Kier molecular flexibility index (Phi) is 6.79. The van der Waals surface area contributed by atoms with Crippen molar-refractivity contribution in [2.45, 2.75) is 31.8 Å². The smallest absolute Gasteiger partial charge is 0.249 e. The molecular formula is C13H18ClN3O4S. The van der Waals surface area contributed by atoms with Crippen LogP contribution in [0.3, 0.4) is 0 Å². The van der Waals surface area contributed by atoms with Gasteiger partial charge < -0.3 is 15.8 Å². The first-order valence-corrected chi connectivity index (χ1v) is 7.33. The van der Waals surface area contributed by atoms with Crippen molar-refractivity contribution in [2.24, 2.45) is 5.73 Å². The van der Waals surface area contributed by atoms with E-state index in [1.807, 2.05) is 6.07 Å². The molecule has 1 aliphatic rings. The Balaban J connectivity index is 0.00000242. The van der Waals surface area contributed by atoms with E-state index in [0.717, 1.165) is 10.4 Å². The van der Waals surface area contributed by atoms with Crippen LogP contribution in [0.2, 0.25) is 0 Å². The number of methoxy groups -OCH3 is 1. The highest BCUT2D eigenvalue weighted by atomic mass is 35.5. The molecule has 1 aromatic rings. The van der Waals surface area contributed by atoms with Gasteiger partial charge in [-0.05, 0) is 12.5 Å². The second-order valence-electron chi connectivity index (χ2n) is 4.68. The number of imide groups is 1. The zero-order chi connectivity index (χ0) is 15.4. The molecule has 1 aromatic heterocycles. The minimum atomic E-state index is -0.659. The van der Waals surface area contributed by atoms with Crippen molar-refractivity contribution in [1.29, 1.82) is 0 Å². The van der Waals surface area contributed by atoms with E-state index in [2.05, 4.69) is 10.6 Å². The van der Waals surface area contributed by atoms with Crippen molar-refractivity contribution in [3.8, 4) is 5.06 Å². The summed E-state index contributed by atoms with van der Waals surface area (Å²) in [6.07, 6.45) is 0.665. The number of carbonyl (C=O) groups is 3. The lowest BCUT2D eigenvalue weighted by molar-refractivity contribution is -0.137.